The van der Waals surface area contributed by atoms with Gasteiger partial charge in [0.05, 0.1) is 6.61 Å². The van der Waals surface area contributed by atoms with Gasteiger partial charge in [-0.25, -0.2) is 0 Å². The molecule has 0 atom stereocenters. The number of aldehydes is 1. The van der Waals surface area contributed by atoms with Crippen molar-refractivity contribution in [2.24, 2.45) is 5.92 Å². The number of rotatable bonds is 12. The van der Waals surface area contributed by atoms with Gasteiger partial charge in [-0.3, -0.25) is 4.79 Å². The zero-order valence-corrected chi connectivity index (χ0v) is 15.0. The number of ether oxygens (including phenoxy) is 1. The Morgan fingerprint density at radius 3 is 2.39 bits per heavy atom. The largest absolute Gasteiger partial charge is 0.377 e. The molecule has 0 aliphatic heterocycles. The second-order valence-electron chi connectivity index (χ2n) is 6.13. The van der Waals surface area contributed by atoms with Crippen molar-refractivity contribution in [2.75, 3.05) is 6.61 Å². The van der Waals surface area contributed by atoms with E-state index in [0.29, 0.717) is 12.5 Å². The van der Waals surface area contributed by atoms with Crippen molar-refractivity contribution in [3.63, 3.8) is 0 Å². The first-order valence-corrected chi connectivity index (χ1v) is 9.08. The van der Waals surface area contributed by atoms with E-state index < -0.39 is 0 Å². The molecule has 0 unspecified atom stereocenters. The first-order valence-electron chi connectivity index (χ1n) is 9.08. The molecule has 2 nitrogen and oxygen atoms in total. The zero-order valence-electron chi connectivity index (χ0n) is 15.0. The normalized spacial score (nSPS) is 11.9. The summed E-state index contributed by atoms with van der Waals surface area (Å²) in [5.41, 5.74) is 3.20. The molecular formula is C21H32O2. The average Bonchev–Trinajstić information content (AvgIpc) is 2.59. The van der Waals surface area contributed by atoms with E-state index >= 15 is 0 Å². The van der Waals surface area contributed by atoms with Crippen LogP contribution in [0.4, 0.5) is 0 Å². The Bertz CT molecular complexity index is 468. The topological polar surface area (TPSA) is 26.3 Å². The molecule has 0 aromatic heterocycles. The van der Waals surface area contributed by atoms with E-state index in [-0.39, 0.29) is 0 Å². The van der Waals surface area contributed by atoms with Gasteiger partial charge in [0.15, 0.2) is 0 Å². The molecule has 2 heteroatoms. The minimum Gasteiger partial charge on any atom is -0.377 e. The van der Waals surface area contributed by atoms with Crippen molar-refractivity contribution < 1.29 is 9.53 Å². The average molecular weight is 316 g/mol. The van der Waals surface area contributed by atoms with Gasteiger partial charge in [-0.15, -0.1) is 0 Å². The van der Waals surface area contributed by atoms with Crippen LogP contribution in [-0.2, 0) is 16.1 Å². The third-order valence-electron chi connectivity index (χ3n) is 4.18. The van der Waals surface area contributed by atoms with Gasteiger partial charge in [-0.2, -0.15) is 0 Å². The molecule has 0 saturated carbocycles. The monoisotopic (exact) mass is 316 g/mol. The van der Waals surface area contributed by atoms with E-state index in [1.54, 1.807) is 0 Å². The summed E-state index contributed by atoms with van der Waals surface area (Å²) < 4.78 is 5.47. The Hall–Kier alpha value is -1.41. The van der Waals surface area contributed by atoms with Crippen molar-refractivity contribution in [2.45, 2.75) is 65.9 Å². The maximum Gasteiger partial charge on any atom is 0.146 e. The first kappa shape index (κ1) is 19.6. The molecule has 0 aliphatic rings. The van der Waals surface area contributed by atoms with Crippen molar-refractivity contribution in [3.05, 3.63) is 41.0 Å². The molecule has 1 rings (SSSR count). The Morgan fingerprint density at radius 1 is 1.13 bits per heavy atom. The van der Waals surface area contributed by atoms with E-state index in [2.05, 4.69) is 38.1 Å². The quantitative estimate of drug-likeness (QED) is 0.360. The highest BCUT2D eigenvalue weighted by Crippen LogP contribution is 2.25. The fourth-order valence-corrected chi connectivity index (χ4v) is 2.81. The number of allylic oxidation sites excluding steroid dienone is 1. The fraction of sp³-hybridized carbons (Fsp3) is 0.571. The van der Waals surface area contributed by atoms with Crippen LogP contribution in [0.25, 0.3) is 6.08 Å². The molecule has 1 aromatic carbocycles. The van der Waals surface area contributed by atoms with Crippen molar-refractivity contribution in [1.82, 2.24) is 0 Å². The highest BCUT2D eigenvalue weighted by molar-refractivity contribution is 5.82. The van der Waals surface area contributed by atoms with Crippen LogP contribution in [-0.4, -0.2) is 12.9 Å². The van der Waals surface area contributed by atoms with Crippen molar-refractivity contribution in [1.29, 1.82) is 0 Å². The molecule has 1 aromatic rings. The van der Waals surface area contributed by atoms with E-state index in [0.717, 1.165) is 42.4 Å². The third kappa shape index (κ3) is 7.60. The van der Waals surface area contributed by atoms with Gasteiger partial charge in [0.25, 0.3) is 0 Å². The Labute approximate surface area is 141 Å². The number of unbranched alkanes of at least 4 members (excludes halogenated alkanes) is 2. The second-order valence-corrected chi connectivity index (χ2v) is 6.13. The standard InChI is InChI=1S/C21H32O2/c1-4-7-12-20(13-8-5-2)21(16-22)15-18-10-9-11-19(14-18)17-23-6-3/h9-11,14-16,20H,4-8,12-13,17H2,1-3H3/b21-15-. The molecule has 0 N–H and O–H groups in total. The van der Waals surface area contributed by atoms with Crippen LogP contribution in [0.2, 0.25) is 0 Å². The lowest BCUT2D eigenvalue weighted by Gasteiger charge is -2.16. The number of hydrogen-bond acceptors (Lipinski definition) is 2. The van der Waals surface area contributed by atoms with Crippen molar-refractivity contribution in [3.8, 4) is 0 Å². The molecule has 0 radical (unpaired) electrons. The first-order chi connectivity index (χ1) is 11.2. The van der Waals surface area contributed by atoms with Gasteiger partial charge in [0, 0.05) is 6.61 Å². The van der Waals surface area contributed by atoms with Crippen LogP contribution >= 0.6 is 0 Å². The van der Waals surface area contributed by atoms with Gasteiger partial charge >= 0.3 is 0 Å². The Kier molecular flexibility index (Phi) is 10.3. The predicted octanol–water partition coefficient (Wildman–Crippen LogP) is 5.80. The van der Waals surface area contributed by atoms with Gasteiger partial charge in [-0.1, -0.05) is 57.7 Å². The molecule has 0 aliphatic carbocycles. The smallest absolute Gasteiger partial charge is 0.146 e. The summed E-state index contributed by atoms with van der Waals surface area (Å²) in [6.45, 7) is 7.76. The Balaban J connectivity index is 2.90. The summed E-state index contributed by atoms with van der Waals surface area (Å²) in [7, 11) is 0. The summed E-state index contributed by atoms with van der Waals surface area (Å²) in [6.07, 6.45) is 10.1. The molecule has 0 spiro atoms. The molecule has 0 heterocycles. The summed E-state index contributed by atoms with van der Waals surface area (Å²) in [5.74, 6) is 0.392. The maximum absolute atomic E-state index is 11.6. The Morgan fingerprint density at radius 2 is 1.83 bits per heavy atom. The van der Waals surface area contributed by atoms with E-state index in [1.807, 2.05) is 13.0 Å². The predicted molar refractivity (Wildman–Crippen MR) is 98.4 cm³/mol. The number of benzene rings is 1. The lowest BCUT2D eigenvalue weighted by molar-refractivity contribution is -0.105. The maximum atomic E-state index is 11.6. The molecule has 0 saturated heterocycles. The molecule has 0 amide bonds. The number of hydrogen-bond donors (Lipinski definition) is 0. The summed E-state index contributed by atoms with van der Waals surface area (Å²) in [5, 5.41) is 0. The molecular weight excluding hydrogens is 284 g/mol. The van der Waals surface area contributed by atoms with E-state index in [9.17, 15) is 4.79 Å². The number of carbonyl (C=O) groups is 1. The molecule has 128 valence electrons. The van der Waals surface area contributed by atoms with E-state index in [4.69, 9.17) is 4.74 Å². The van der Waals surface area contributed by atoms with Crippen molar-refractivity contribution >= 4 is 12.4 Å². The second kappa shape index (κ2) is 12.1. The fourth-order valence-electron chi connectivity index (χ4n) is 2.81. The minimum absolute atomic E-state index is 0.392. The SMILES string of the molecule is CCCCC(CCCC)/C(C=O)=C\c1cccc(COCC)c1. The van der Waals surface area contributed by atoms with Crippen LogP contribution in [0.3, 0.4) is 0 Å². The molecule has 0 bridgehead atoms. The highest BCUT2D eigenvalue weighted by Gasteiger charge is 2.13. The van der Waals surface area contributed by atoms with Gasteiger partial charge in [0.1, 0.15) is 6.29 Å². The minimum atomic E-state index is 0.392. The summed E-state index contributed by atoms with van der Waals surface area (Å²) in [6, 6.07) is 8.29. The van der Waals surface area contributed by atoms with Gasteiger partial charge in [-0.05, 0) is 54.5 Å². The molecule has 23 heavy (non-hydrogen) atoms. The van der Waals surface area contributed by atoms with Crippen LogP contribution in [0.15, 0.2) is 29.8 Å². The van der Waals surface area contributed by atoms with Gasteiger partial charge < -0.3 is 4.74 Å². The van der Waals surface area contributed by atoms with Crippen LogP contribution in [0.5, 0.6) is 0 Å². The van der Waals surface area contributed by atoms with Crippen LogP contribution in [0, 0.1) is 5.92 Å². The lowest BCUT2D eigenvalue weighted by atomic mass is 9.88. The number of carbonyl (C=O) groups excluding carboxylic acids is 1. The van der Waals surface area contributed by atoms with Gasteiger partial charge in [0.2, 0.25) is 0 Å². The zero-order chi connectivity index (χ0) is 16.9. The highest BCUT2D eigenvalue weighted by atomic mass is 16.5. The summed E-state index contributed by atoms with van der Waals surface area (Å²) >= 11 is 0. The van der Waals surface area contributed by atoms with E-state index in [1.165, 1.54) is 25.7 Å². The van der Waals surface area contributed by atoms with Crippen LogP contribution in [0.1, 0.15) is 70.4 Å². The lowest BCUT2D eigenvalue weighted by Crippen LogP contribution is -2.06. The molecule has 0 fully saturated rings. The summed E-state index contributed by atoms with van der Waals surface area (Å²) in [4.78, 5) is 11.6. The van der Waals surface area contributed by atoms with Crippen LogP contribution < -0.4 is 0 Å². The third-order valence-corrected chi connectivity index (χ3v) is 4.18.